The molecule has 3 aromatic rings. The maximum Gasteiger partial charge on any atom is 0.259 e. The van der Waals surface area contributed by atoms with E-state index in [1.54, 1.807) is 12.4 Å². The fourth-order valence-corrected chi connectivity index (χ4v) is 5.58. The van der Waals surface area contributed by atoms with Crippen molar-refractivity contribution in [3.63, 3.8) is 0 Å². The van der Waals surface area contributed by atoms with Crippen LogP contribution in [0.2, 0.25) is 0 Å². The Hall–Kier alpha value is -2.61. The fraction of sp³-hybridized carbons (Fsp3) is 0.519. The molecule has 0 amide bonds. The van der Waals surface area contributed by atoms with E-state index < -0.39 is 5.60 Å². The molecule has 1 atom stereocenters. The minimum absolute atomic E-state index is 0.253. The molecule has 34 heavy (non-hydrogen) atoms. The van der Waals surface area contributed by atoms with Crippen LogP contribution in [0.3, 0.4) is 0 Å². The summed E-state index contributed by atoms with van der Waals surface area (Å²) in [5, 5.41) is 16.7. The van der Waals surface area contributed by atoms with Crippen LogP contribution in [0, 0.1) is 5.41 Å². The van der Waals surface area contributed by atoms with Gasteiger partial charge in [-0.2, -0.15) is 4.98 Å². The molecule has 2 fully saturated rings. The van der Waals surface area contributed by atoms with Gasteiger partial charge in [0.2, 0.25) is 0 Å². The van der Waals surface area contributed by atoms with Crippen molar-refractivity contribution < 1.29 is 14.4 Å². The Bertz CT molecular complexity index is 1130. The first kappa shape index (κ1) is 23.1. The lowest BCUT2D eigenvalue weighted by Crippen LogP contribution is -2.63. The molecule has 2 aliphatic heterocycles. The van der Waals surface area contributed by atoms with Crippen molar-refractivity contribution in [1.82, 2.24) is 20.0 Å². The molecule has 2 aliphatic rings. The first-order valence-corrected chi connectivity index (χ1v) is 12.2. The Labute approximate surface area is 201 Å². The summed E-state index contributed by atoms with van der Waals surface area (Å²) in [6.45, 7) is 9.52. The van der Waals surface area contributed by atoms with Crippen molar-refractivity contribution in [3.05, 3.63) is 65.2 Å². The maximum absolute atomic E-state index is 12.4. The van der Waals surface area contributed by atoms with Gasteiger partial charge in [0.05, 0.1) is 5.56 Å². The van der Waals surface area contributed by atoms with Crippen LogP contribution in [0.4, 0.5) is 0 Å². The first-order valence-electron chi connectivity index (χ1n) is 12.2. The largest absolute Gasteiger partial charge is 0.381 e. The number of likely N-dealkylation sites (tertiary alicyclic amines) is 1. The second-order valence-corrected chi connectivity index (χ2v) is 10.5. The van der Waals surface area contributed by atoms with Gasteiger partial charge in [0.15, 0.2) is 5.82 Å². The highest BCUT2D eigenvalue weighted by atomic mass is 16.5. The number of benzene rings is 1. The zero-order valence-corrected chi connectivity index (χ0v) is 20.5. The minimum Gasteiger partial charge on any atom is -0.381 e. The number of aromatic nitrogens is 3. The summed E-state index contributed by atoms with van der Waals surface area (Å²) in [5.41, 5.74) is 2.02. The molecule has 1 N–H and O–H groups in total. The second-order valence-electron chi connectivity index (χ2n) is 10.5. The molecule has 0 unspecified atom stereocenters. The quantitative estimate of drug-likeness (QED) is 0.583. The smallest absolute Gasteiger partial charge is 0.259 e. The number of hydrogen-bond acceptors (Lipinski definition) is 7. The van der Waals surface area contributed by atoms with Crippen LogP contribution in [0.5, 0.6) is 0 Å². The standard InChI is InChI=1S/C27H34N4O3/c1-18(2)19-5-7-22(8-6-19)27(32,26(3)16-31(4)17-26)23-13-21(14-28-15-23)25-29-24(30-34-25)20-9-11-33-12-10-20/h5-8,13-15,18,20,32H,9-12,16-17H2,1-4H3/t27-/m0/s1. The molecule has 0 saturated carbocycles. The number of ether oxygens (including phenoxy) is 1. The Balaban J connectivity index is 1.53. The molecule has 7 nitrogen and oxygen atoms in total. The highest BCUT2D eigenvalue weighted by Gasteiger charge is 2.55. The van der Waals surface area contributed by atoms with E-state index in [1.165, 1.54) is 5.56 Å². The van der Waals surface area contributed by atoms with Crippen LogP contribution in [0.25, 0.3) is 11.5 Å². The van der Waals surface area contributed by atoms with Gasteiger partial charge in [0.25, 0.3) is 5.89 Å². The normalized spacial score (nSPS) is 20.8. The third-order valence-electron chi connectivity index (χ3n) is 7.54. The van der Waals surface area contributed by atoms with Crippen molar-refractivity contribution in [2.24, 2.45) is 5.41 Å². The summed E-state index contributed by atoms with van der Waals surface area (Å²) in [7, 11) is 2.08. The van der Waals surface area contributed by atoms with Crippen molar-refractivity contribution in [3.8, 4) is 11.5 Å². The highest BCUT2D eigenvalue weighted by Crippen LogP contribution is 2.50. The SMILES string of the molecule is CC(C)c1ccc([C@](O)(c2cncc(-c3nc(C4CCOCC4)no3)c2)C2(C)CN(C)C2)cc1. The number of hydrogen-bond donors (Lipinski definition) is 1. The van der Waals surface area contributed by atoms with Gasteiger partial charge < -0.3 is 19.3 Å². The van der Waals surface area contributed by atoms with Gasteiger partial charge in [-0.25, -0.2) is 0 Å². The molecule has 1 aromatic carbocycles. The lowest BCUT2D eigenvalue weighted by atomic mass is 9.62. The zero-order valence-electron chi connectivity index (χ0n) is 20.5. The summed E-state index contributed by atoms with van der Waals surface area (Å²) in [6.07, 6.45) is 5.28. The van der Waals surface area contributed by atoms with Crippen LogP contribution in [0.1, 0.15) is 68.0 Å². The average Bonchev–Trinajstić information content (AvgIpc) is 3.34. The van der Waals surface area contributed by atoms with E-state index in [-0.39, 0.29) is 11.3 Å². The summed E-state index contributed by atoms with van der Waals surface area (Å²) in [5.74, 6) is 1.84. The van der Waals surface area contributed by atoms with Crippen molar-refractivity contribution in [1.29, 1.82) is 0 Å². The van der Waals surface area contributed by atoms with Crippen LogP contribution in [0.15, 0.2) is 47.2 Å². The predicted molar refractivity (Wildman–Crippen MR) is 129 cm³/mol. The predicted octanol–water partition coefficient (Wildman–Crippen LogP) is 4.34. The number of aliphatic hydroxyl groups is 1. The molecular weight excluding hydrogens is 428 g/mol. The molecular formula is C27H34N4O3. The van der Waals surface area contributed by atoms with Crippen LogP contribution < -0.4 is 0 Å². The monoisotopic (exact) mass is 462 g/mol. The molecule has 7 heteroatoms. The van der Waals surface area contributed by atoms with Gasteiger partial charge in [-0.05, 0) is 43.0 Å². The Morgan fingerprint density at radius 3 is 2.44 bits per heavy atom. The average molecular weight is 463 g/mol. The molecule has 0 spiro atoms. The highest BCUT2D eigenvalue weighted by molar-refractivity contribution is 5.55. The van der Waals surface area contributed by atoms with E-state index in [1.807, 2.05) is 6.07 Å². The molecule has 180 valence electrons. The molecule has 5 rings (SSSR count). The minimum atomic E-state index is -1.21. The zero-order chi connectivity index (χ0) is 23.9. The first-order chi connectivity index (χ1) is 16.3. The van der Waals surface area contributed by atoms with Gasteiger partial charge >= 0.3 is 0 Å². The lowest BCUT2D eigenvalue weighted by Gasteiger charge is -2.55. The summed E-state index contributed by atoms with van der Waals surface area (Å²) >= 11 is 0. The van der Waals surface area contributed by atoms with E-state index in [0.29, 0.717) is 11.8 Å². The number of nitrogens with zero attached hydrogens (tertiary/aromatic N) is 4. The third kappa shape index (κ3) is 3.96. The van der Waals surface area contributed by atoms with E-state index in [0.717, 1.165) is 61.7 Å². The molecule has 4 heterocycles. The van der Waals surface area contributed by atoms with E-state index in [4.69, 9.17) is 9.26 Å². The summed E-state index contributed by atoms with van der Waals surface area (Å²) in [6, 6.07) is 10.3. The van der Waals surface area contributed by atoms with Crippen molar-refractivity contribution >= 4 is 0 Å². The Morgan fingerprint density at radius 1 is 1.09 bits per heavy atom. The third-order valence-corrected chi connectivity index (χ3v) is 7.54. The van der Waals surface area contributed by atoms with E-state index in [9.17, 15) is 5.11 Å². The molecule has 0 aliphatic carbocycles. The van der Waals surface area contributed by atoms with E-state index >= 15 is 0 Å². The van der Waals surface area contributed by atoms with Gasteiger partial charge in [0, 0.05) is 55.6 Å². The topological polar surface area (TPSA) is 84.5 Å². The molecule has 0 radical (unpaired) electrons. The molecule has 2 aromatic heterocycles. The van der Waals surface area contributed by atoms with Crippen LogP contribution in [-0.2, 0) is 10.3 Å². The second kappa shape index (κ2) is 8.87. The van der Waals surface area contributed by atoms with Crippen molar-refractivity contribution in [2.45, 2.75) is 51.0 Å². The molecule has 0 bridgehead atoms. The lowest BCUT2D eigenvalue weighted by molar-refractivity contribution is -0.127. The van der Waals surface area contributed by atoms with Gasteiger partial charge in [-0.1, -0.05) is 50.2 Å². The maximum atomic E-state index is 12.4. The van der Waals surface area contributed by atoms with Gasteiger partial charge in [-0.3, -0.25) is 4.98 Å². The fourth-order valence-electron chi connectivity index (χ4n) is 5.58. The summed E-state index contributed by atoms with van der Waals surface area (Å²) < 4.78 is 11.1. The van der Waals surface area contributed by atoms with Crippen LogP contribution >= 0.6 is 0 Å². The van der Waals surface area contributed by atoms with Crippen molar-refractivity contribution in [2.75, 3.05) is 33.4 Å². The number of rotatable bonds is 6. The summed E-state index contributed by atoms with van der Waals surface area (Å²) in [4.78, 5) is 11.4. The van der Waals surface area contributed by atoms with Gasteiger partial charge in [0.1, 0.15) is 5.60 Å². The van der Waals surface area contributed by atoms with Crippen LogP contribution in [-0.4, -0.2) is 58.5 Å². The van der Waals surface area contributed by atoms with E-state index in [2.05, 4.69) is 72.1 Å². The Kier molecular flexibility index (Phi) is 6.04. The van der Waals surface area contributed by atoms with Gasteiger partial charge in [-0.15, -0.1) is 0 Å². The molecule has 2 saturated heterocycles. The number of pyridine rings is 1. The Morgan fingerprint density at radius 2 is 1.79 bits per heavy atom.